The standard InChI is InChI=1S/C16H12FNO2/c1-18(12-8-6-11(17)7-9-12)16(19)14-10-20-15-5-3-2-4-13(14)15/h2-10H,1H3. The van der Waals surface area contributed by atoms with Crippen LogP contribution in [-0.4, -0.2) is 13.0 Å². The number of fused-ring (bicyclic) bond motifs is 1. The van der Waals surface area contributed by atoms with Crippen LogP contribution >= 0.6 is 0 Å². The van der Waals surface area contributed by atoms with Crippen molar-refractivity contribution >= 4 is 22.6 Å². The summed E-state index contributed by atoms with van der Waals surface area (Å²) < 4.78 is 18.3. The van der Waals surface area contributed by atoms with Gasteiger partial charge in [0.2, 0.25) is 0 Å². The van der Waals surface area contributed by atoms with E-state index >= 15 is 0 Å². The molecule has 3 nitrogen and oxygen atoms in total. The SMILES string of the molecule is CN(C(=O)c1coc2ccccc12)c1ccc(F)cc1. The Morgan fingerprint density at radius 3 is 2.55 bits per heavy atom. The quantitative estimate of drug-likeness (QED) is 0.708. The van der Waals surface area contributed by atoms with Gasteiger partial charge in [-0.15, -0.1) is 0 Å². The molecule has 0 saturated heterocycles. The molecule has 0 aliphatic carbocycles. The third-order valence-corrected chi connectivity index (χ3v) is 3.23. The van der Waals surface area contributed by atoms with Crippen LogP contribution in [0.15, 0.2) is 59.2 Å². The second-order valence-electron chi connectivity index (χ2n) is 4.49. The minimum Gasteiger partial charge on any atom is -0.463 e. The van der Waals surface area contributed by atoms with E-state index in [2.05, 4.69) is 0 Å². The number of carbonyl (C=O) groups is 1. The van der Waals surface area contributed by atoms with E-state index < -0.39 is 0 Å². The number of furan rings is 1. The number of halogens is 1. The number of hydrogen-bond acceptors (Lipinski definition) is 2. The van der Waals surface area contributed by atoms with Crippen molar-refractivity contribution in [2.75, 3.05) is 11.9 Å². The molecule has 0 saturated carbocycles. The van der Waals surface area contributed by atoms with Crippen LogP contribution in [0.25, 0.3) is 11.0 Å². The Hall–Kier alpha value is -2.62. The predicted octanol–water partition coefficient (Wildman–Crippen LogP) is 3.85. The molecule has 0 N–H and O–H groups in total. The minimum absolute atomic E-state index is 0.193. The lowest BCUT2D eigenvalue weighted by Gasteiger charge is -2.16. The van der Waals surface area contributed by atoms with Gasteiger partial charge in [-0.3, -0.25) is 4.79 Å². The normalized spacial score (nSPS) is 10.7. The minimum atomic E-state index is -0.330. The first-order valence-corrected chi connectivity index (χ1v) is 6.16. The summed E-state index contributed by atoms with van der Waals surface area (Å²) in [6, 6.07) is 13.1. The highest BCUT2D eigenvalue weighted by Crippen LogP contribution is 2.24. The monoisotopic (exact) mass is 269 g/mol. The lowest BCUT2D eigenvalue weighted by Crippen LogP contribution is -2.25. The number of benzene rings is 2. The number of carbonyl (C=O) groups excluding carboxylic acids is 1. The van der Waals surface area contributed by atoms with Gasteiger partial charge in [0.15, 0.2) is 0 Å². The fraction of sp³-hybridized carbons (Fsp3) is 0.0625. The first kappa shape index (κ1) is 12.4. The molecule has 20 heavy (non-hydrogen) atoms. The van der Waals surface area contributed by atoms with Crippen LogP contribution in [0.2, 0.25) is 0 Å². The molecule has 1 amide bonds. The zero-order valence-electron chi connectivity index (χ0n) is 10.8. The van der Waals surface area contributed by atoms with E-state index in [9.17, 15) is 9.18 Å². The molecule has 0 fully saturated rings. The summed E-state index contributed by atoms with van der Waals surface area (Å²) in [5.41, 5.74) is 1.79. The molecule has 4 heteroatoms. The van der Waals surface area contributed by atoms with Crippen LogP contribution in [0.5, 0.6) is 0 Å². The summed E-state index contributed by atoms with van der Waals surface area (Å²) in [6.45, 7) is 0. The first-order valence-electron chi connectivity index (χ1n) is 6.16. The van der Waals surface area contributed by atoms with Crippen molar-refractivity contribution in [2.24, 2.45) is 0 Å². The van der Waals surface area contributed by atoms with Crippen molar-refractivity contribution in [3.8, 4) is 0 Å². The lowest BCUT2D eigenvalue weighted by atomic mass is 10.1. The maximum Gasteiger partial charge on any atom is 0.261 e. The van der Waals surface area contributed by atoms with Crippen molar-refractivity contribution in [2.45, 2.75) is 0 Å². The molecule has 0 atom stereocenters. The van der Waals surface area contributed by atoms with Crippen LogP contribution in [0, 0.1) is 5.82 Å². The maximum absolute atomic E-state index is 12.9. The second kappa shape index (κ2) is 4.81. The van der Waals surface area contributed by atoms with Crippen LogP contribution < -0.4 is 4.90 Å². The van der Waals surface area contributed by atoms with E-state index in [0.717, 1.165) is 5.39 Å². The van der Waals surface area contributed by atoms with Gasteiger partial charge in [0.25, 0.3) is 5.91 Å². The van der Waals surface area contributed by atoms with Gasteiger partial charge in [-0.05, 0) is 30.3 Å². The Balaban J connectivity index is 1.97. The highest BCUT2D eigenvalue weighted by molar-refractivity contribution is 6.13. The summed E-state index contributed by atoms with van der Waals surface area (Å²) in [7, 11) is 1.65. The fourth-order valence-corrected chi connectivity index (χ4v) is 2.11. The number of rotatable bonds is 2. The predicted molar refractivity (Wildman–Crippen MR) is 75.3 cm³/mol. The Morgan fingerprint density at radius 2 is 1.80 bits per heavy atom. The number of para-hydroxylation sites is 1. The molecular weight excluding hydrogens is 257 g/mol. The van der Waals surface area contributed by atoms with Crippen molar-refractivity contribution in [1.82, 2.24) is 0 Å². The van der Waals surface area contributed by atoms with Crippen LogP contribution in [0.3, 0.4) is 0 Å². The van der Waals surface area contributed by atoms with Gasteiger partial charge >= 0.3 is 0 Å². The molecule has 0 spiro atoms. The van der Waals surface area contributed by atoms with Gasteiger partial charge in [-0.1, -0.05) is 18.2 Å². The average Bonchev–Trinajstić information content (AvgIpc) is 2.90. The molecule has 0 radical (unpaired) electrons. The van der Waals surface area contributed by atoms with Gasteiger partial charge in [0.05, 0.1) is 5.56 Å². The summed E-state index contributed by atoms with van der Waals surface area (Å²) in [6.07, 6.45) is 1.45. The topological polar surface area (TPSA) is 33.5 Å². The average molecular weight is 269 g/mol. The van der Waals surface area contributed by atoms with Gasteiger partial charge < -0.3 is 9.32 Å². The lowest BCUT2D eigenvalue weighted by molar-refractivity contribution is 0.0993. The molecule has 0 bridgehead atoms. The molecule has 1 heterocycles. The van der Waals surface area contributed by atoms with E-state index in [4.69, 9.17) is 4.42 Å². The first-order chi connectivity index (χ1) is 9.66. The van der Waals surface area contributed by atoms with Gasteiger partial charge in [-0.2, -0.15) is 0 Å². The smallest absolute Gasteiger partial charge is 0.261 e. The van der Waals surface area contributed by atoms with Crippen molar-refractivity contribution in [1.29, 1.82) is 0 Å². The van der Waals surface area contributed by atoms with Crippen LogP contribution in [0.1, 0.15) is 10.4 Å². The molecule has 0 aliphatic rings. The van der Waals surface area contributed by atoms with E-state index in [1.165, 1.54) is 23.3 Å². The molecule has 2 aromatic carbocycles. The van der Waals surface area contributed by atoms with Crippen LogP contribution in [-0.2, 0) is 0 Å². The fourth-order valence-electron chi connectivity index (χ4n) is 2.11. The summed E-state index contributed by atoms with van der Waals surface area (Å²) in [4.78, 5) is 13.9. The third kappa shape index (κ3) is 2.05. The van der Waals surface area contributed by atoms with Crippen LogP contribution in [0.4, 0.5) is 10.1 Å². The Labute approximate surface area is 115 Å². The molecule has 1 aromatic heterocycles. The van der Waals surface area contributed by atoms with E-state index in [1.807, 2.05) is 24.3 Å². The number of anilines is 1. The number of hydrogen-bond donors (Lipinski definition) is 0. The zero-order chi connectivity index (χ0) is 14.1. The van der Waals surface area contributed by atoms with Crippen molar-refractivity contribution in [3.05, 3.63) is 66.2 Å². The van der Waals surface area contributed by atoms with Gasteiger partial charge in [0, 0.05) is 18.1 Å². The van der Waals surface area contributed by atoms with Crippen molar-refractivity contribution < 1.29 is 13.6 Å². The number of nitrogens with zero attached hydrogens (tertiary/aromatic N) is 1. The van der Waals surface area contributed by atoms with E-state index in [0.29, 0.717) is 16.8 Å². The molecule has 3 aromatic rings. The highest BCUT2D eigenvalue weighted by atomic mass is 19.1. The Bertz CT molecular complexity index is 762. The van der Waals surface area contributed by atoms with Crippen molar-refractivity contribution in [3.63, 3.8) is 0 Å². The summed E-state index contributed by atoms with van der Waals surface area (Å²) >= 11 is 0. The highest BCUT2D eigenvalue weighted by Gasteiger charge is 2.18. The molecule has 100 valence electrons. The second-order valence-corrected chi connectivity index (χ2v) is 4.49. The maximum atomic E-state index is 12.9. The van der Waals surface area contributed by atoms with Gasteiger partial charge in [-0.25, -0.2) is 4.39 Å². The van der Waals surface area contributed by atoms with E-state index in [-0.39, 0.29) is 11.7 Å². The zero-order valence-corrected chi connectivity index (χ0v) is 10.8. The van der Waals surface area contributed by atoms with Gasteiger partial charge in [0.1, 0.15) is 17.7 Å². The molecular formula is C16H12FNO2. The molecule has 0 unspecified atom stereocenters. The number of amides is 1. The summed E-state index contributed by atoms with van der Waals surface area (Å²) in [5, 5.41) is 0.770. The molecule has 0 aliphatic heterocycles. The molecule has 3 rings (SSSR count). The largest absolute Gasteiger partial charge is 0.463 e. The Morgan fingerprint density at radius 1 is 1.10 bits per heavy atom. The van der Waals surface area contributed by atoms with E-state index in [1.54, 1.807) is 19.2 Å². The third-order valence-electron chi connectivity index (χ3n) is 3.23. The Kier molecular flexibility index (Phi) is 2.99. The summed E-state index contributed by atoms with van der Waals surface area (Å²) in [5.74, 6) is -0.523.